The van der Waals surface area contributed by atoms with Crippen LogP contribution in [0.2, 0.25) is 0 Å². The highest BCUT2D eigenvalue weighted by Crippen LogP contribution is 2.06. The largest absolute Gasteiger partial charge is 0.461 e. The molecule has 0 radical (unpaired) electrons. The van der Waals surface area contributed by atoms with Crippen LogP contribution in [0.5, 0.6) is 0 Å². The van der Waals surface area contributed by atoms with E-state index in [1.807, 2.05) is 0 Å². The minimum atomic E-state index is -1.15. The first kappa shape index (κ1) is 39.6. The number of carbonyl (C=O) groups excluding carboxylic acids is 5. The number of carbonyl (C=O) groups is 5. The number of rotatable bonds is 18. The van der Waals surface area contributed by atoms with Gasteiger partial charge in [0.1, 0.15) is 6.61 Å². The Morgan fingerprint density at radius 2 is 1.16 bits per heavy atom. The van der Waals surface area contributed by atoms with E-state index >= 15 is 0 Å². The zero-order chi connectivity index (χ0) is 31.9. The van der Waals surface area contributed by atoms with Gasteiger partial charge in [0, 0.05) is 116 Å². The summed E-state index contributed by atoms with van der Waals surface area (Å²) in [7, 11) is 1.46. The third-order valence-electron chi connectivity index (χ3n) is 6.53. The lowest BCUT2D eigenvalue weighted by Gasteiger charge is -2.34. The molecule has 0 aromatic rings. The minimum absolute atomic E-state index is 0.0503. The number of nitrogens with one attached hydrogen (secondary N) is 1. The molecule has 1 N–H and O–H groups in total. The van der Waals surface area contributed by atoms with E-state index in [0.717, 1.165) is 26.2 Å². The van der Waals surface area contributed by atoms with Crippen LogP contribution in [-0.2, 0) is 52.4 Å². The van der Waals surface area contributed by atoms with Crippen molar-refractivity contribution in [1.29, 1.82) is 0 Å². The van der Waals surface area contributed by atoms with E-state index < -0.39 is 36.6 Å². The summed E-state index contributed by atoms with van der Waals surface area (Å²) in [5.41, 5.74) is 0. The second kappa shape index (κ2) is 24.9. The summed E-state index contributed by atoms with van der Waals surface area (Å²) >= 11 is 4.24. The molecule has 0 saturated carbocycles. The molecular formula is C26H44I2N4O11. The zero-order valence-corrected chi connectivity index (χ0v) is 29.2. The SMILES string of the molecule is COCCOC(=O)COC(=O)C(C)OC(=O)CCN1CCN(CCC(=O)OCOC(=O)CCN2CCNCC2)CC1.II. The van der Waals surface area contributed by atoms with Crippen molar-refractivity contribution in [2.24, 2.45) is 0 Å². The third kappa shape index (κ3) is 19.6. The fourth-order valence-electron chi connectivity index (χ4n) is 4.06. The highest BCUT2D eigenvalue weighted by molar-refractivity contribution is 15.0. The normalized spacial score (nSPS) is 16.7. The van der Waals surface area contributed by atoms with Crippen LogP contribution >= 0.6 is 37.2 Å². The first-order chi connectivity index (χ1) is 20.8. The Labute approximate surface area is 276 Å². The molecular weight excluding hydrogens is 798 g/mol. The van der Waals surface area contributed by atoms with Crippen LogP contribution in [0.15, 0.2) is 0 Å². The Morgan fingerprint density at radius 3 is 1.67 bits per heavy atom. The van der Waals surface area contributed by atoms with E-state index in [1.54, 1.807) is 0 Å². The fraction of sp³-hybridized carbons (Fsp3) is 0.808. The van der Waals surface area contributed by atoms with Gasteiger partial charge in [0.15, 0.2) is 12.7 Å². The van der Waals surface area contributed by atoms with Gasteiger partial charge in [-0.15, -0.1) is 0 Å². The topological polar surface area (TPSA) is 162 Å². The summed E-state index contributed by atoms with van der Waals surface area (Å²) in [6.45, 7) is 8.78. The maximum atomic E-state index is 12.1. The van der Waals surface area contributed by atoms with Gasteiger partial charge in [0.25, 0.3) is 0 Å². The smallest absolute Gasteiger partial charge is 0.347 e. The molecule has 2 rings (SSSR count). The summed E-state index contributed by atoms with van der Waals surface area (Å²) in [4.78, 5) is 65.7. The van der Waals surface area contributed by atoms with E-state index in [-0.39, 0.29) is 45.2 Å². The molecule has 248 valence electrons. The van der Waals surface area contributed by atoms with Gasteiger partial charge < -0.3 is 48.4 Å². The third-order valence-corrected chi connectivity index (χ3v) is 6.53. The molecule has 0 spiro atoms. The number of hydrogen-bond acceptors (Lipinski definition) is 15. The van der Waals surface area contributed by atoms with E-state index in [1.165, 1.54) is 14.0 Å². The molecule has 2 saturated heterocycles. The van der Waals surface area contributed by atoms with Crippen LogP contribution in [-0.4, -0.2) is 156 Å². The average Bonchev–Trinajstić information content (AvgIpc) is 3.02. The van der Waals surface area contributed by atoms with Gasteiger partial charge in [0.2, 0.25) is 6.79 Å². The van der Waals surface area contributed by atoms with Crippen molar-refractivity contribution in [2.45, 2.75) is 32.3 Å². The molecule has 0 bridgehead atoms. The number of hydrogen-bond donors (Lipinski definition) is 1. The monoisotopic (exact) mass is 842 g/mol. The number of nitrogens with zero attached hydrogens (tertiary/aromatic N) is 3. The second-order valence-corrected chi connectivity index (χ2v) is 9.63. The predicted octanol–water partition coefficient (Wildman–Crippen LogP) is 0.159. The predicted molar refractivity (Wildman–Crippen MR) is 170 cm³/mol. The minimum Gasteiger partial charge on any atom is -0.461 e. The highest BCUT2D eigenvalue weighted by Gasteiger charge is 2.23. The summed E-state index contributed by atoms with van der Waals surface area (Å²) < 4.78 is 29.5. The standard InChI is InChI=1S/C26H44N4O11.I2/c1-21(26(35)38-19-25(34)37-18-17-36-2)41-24(33)5-10-30-15-13-29(14-16-30)9-4-23(32)40-20-39-22(31)3-8-28-11-6-27-7-12-28;1-2/h21,27H,3-20H2,1-2H3;. The number of methoxy groups -OCH3 is 1. The zero-order valence-electron chi connectivity index (χ0n) is 24.9. The van der Waals surface area contributed by atoms with Crippen LogP contribution in [0.4, 0.5) is 0 Å². The van der Waals surface area contributed by atoms with Gasteiger partial charge in [-0.2, -0.15) is 0 Å². The fourth-order valence-corrected chi connectivity index (χ4v) is 4.06. The summed E-state index contributed by atoms with van der Waals surface area (Å²) in [6, 6.07) is 0. The van der Waals surface area contributed by atoms with Crippen LogP contribution in [0, 0.1) is 0 Å². The van der Waals surface area contributed by atoms with Crippen LogP contribution in [0.25, 0.3) is 0 Å². The molecule has 2 aliphatic heterocycles. The van der Waals surface area contributed by atoms with Crippen molar-refractivity contribution in [3.8, 4) is 0 Å². The molecule has 17 heteroatoms. The van der Waals surface area contributed by atoms with Gasteiger partial charge >= 0.3 is 29.8 Å². The highest BCUT2D eigenvalue weighted by atomic mass is 128. The van der Waals surface area contributed by atoms with Gasteiger partial charge in [-0.25, -0.2) is 9.59 Å². The number of halogens is 2. The first-order valence-corrected chi connectivity index (χ1v) is 20.4. The van der Waals surface area contributed by atoms with E-state index in [0.29, 0.717) is 45.8 Å². The summed E-state index contributed by atoms with van der Waals surface area (Å²) in [5.74, 6) is -2.92. The van der Waals surface area contributed by atoms with Crippen LogP contribution in [0.1, 0.15) is 26.2 Å². The Hall–Kier alpha value is -1.39. The van der Waals surface area contributed by atoms with Gasteiger partial charge in [-0.05, 0) is 6.92 Å². The maximum absolute atomic E-state index is 12.1. The maximum Gasteiger partial charge on any atom is 0.347 e. The molecule has 2 aliphatic rings. The molecule has 15 nitrogen and oxygen atoms in total. The van der Waals surface area contributed by atoms with Crippen molar-refractivity contribution < 1.29 is 52.4 Å². The Kier molecular flexibility index (Phi) is 22.9. The van der Waals surface area contributed by atoms with E-state index in [9.17, 15) is 24.0 Å². The Morgan fingerprint density at radius 1 is 0.674 bits per heavy atom. The lowest BCUT2D eigenvalue weighted by Crippen LogP contribution is -2.47. The molecule has 0 amide bonds. The molecule has 0 aliphatic carbocycles. The molecule has 1 unspecified atom stereocenters. The van der Waals surface area contributed by atoms with Gasteiger partial charge in [-0.3, -0.25) is 14.4 Å². The van der Waals surface area contributed by atoms with Crippen molar-refractivity contribution >= 4 is 67.1 Å². The van der Waals surface area contributed by atoms with Crippen molar-refractivity contribution in [1.82, 2.24) is 20.0 Å². The molecule has 2 fully saturated rings. The van der Waals surface area contributed by atoms with Gasteiger partial charge in [-0.1, -0.05) is 0 Å². The van der Waals surface area contributed by atoms with E-state index in [2.05, 4.69) is 57.2 Å². The Balaban J connectivity index is 0.00000452. The average molecular weight is 842 g/mol. The van der Waals surface area contributed by atoms with Crippen molar-refractivity contribution in [2.75, 3.05) is 106 Å². The molecule has 43 heavy (non-hydrogen) atoms. The molecule has 0 aromatic heterocycles. The van der Waals surface area contributed by atoms with E-state index in [4.69, 9.17) is 28.4 Å². The van der Waals surface area contributed by atoms with Crippen LogP contribution < -0.4 is 5.32 Å². The quantitative estimate of drug-likeness (QED) is 0.0653. The lowest BCUT2D eigenvalue weighted by molar-refractivity contribution is -0.171. The molecule has 0 aromatic carbocycles. The van der Waals surface area contributed by atoms with Crippen molar-refractivity contribution in [3.63, 3.8) is 0 Å². The molecule has 2 heterocycles. The molecule has 1 atom stereocenters. The number of esters is 5. The lowest BCUT2D eigenvalue weighted by atomic mass is 10.2. The van der Waals surface area contributed by atoms with Crippen molar-refractivity contribution in [3.05, 3.63) is 0 Å². The number of piperazine rings is 2. The number of ether oxygens (including phenoxy) is 6. The summed E-state index contributed by atoms with van der Waals surface area (Å²) in [6.07, 6.45) is -0.605. The van der Waals surface area contributed by atoms with Crippen LogP contribution in [0.3, 0.4) is 0 Å². The Bertz CT molecular complexity index is 842. The first-order valence-electron chi connectivity index (χ1n) is 14.1. The van der Waals surface area contributed by atoms with Gasteiger partial charge in [0.05, 0.1) is 25.9 Å². The summed E-state index contributed by atoms with van der Waals surface area (Å²) in [5, 5.41) is 3.25. The second-order valence-electron chi connectivity index (χ2n) is 9.63.